The van der Waals surface area contributed by atoms with Gasteiger partial charge in [-0.25, -0.2) is 8.78 Å². The molecule has 0 unspecified atom stereocenters. The summed E-state index contributed by atoms with van der Waals surface area (Å²) in [4.78, 5) is 13.5. The van der Waals surface area contributed by atoms with Crippen LogP contribution in [0.15, 0.2) is 30.3 Å². The summed E-state index contributed by atoms with van der Waals surface area (Å²) >= 11 is 0. The van der Waals surface area contributed by atoms with Crippen molar-refractivity contribution in [2.45, 2.75) is 26.2 Å². The first-order valence-electron chi connectivity index (χ1n) is 7.10. The molecular formula is C17H12F5NO. The van der Waals surface area contributed by atoms with Crippen LogP contribution in [-0.2, 0) is 19.3 Å². The van der Waals surface area contributed by atoms with Gasteiger partial charge in [-0.05, 0) is 41.8 Å². The van der Waals surface area contributed by atoms with Gasteiger partial charge in [0.2, 0.25) is 0 Å². The highest BCUT2D eigenvalue weighted by atomic mass is 19.4. The minimum Gasteiger partial charge on any atom is -0.330 e. The van der Waals surface area contributed by atoms with Gasteiger partial charge in [0.05, 0.1) is 11.1 Å². The first-order valence-corrected chi connectivity index (χ1v) is 7.10. The van der Waals surface area contributed by atoms with Gasteiger partial charge in [0.1, 0.15) is 11.6 Å². The minimum atomic E-state index is -4.83. The first kappa shape index (κ1) is 16.4. The third kappa shape index (κ3) is 2.86. The van der Waals surface area contributed by atoms with Crippen molar-refractivity contribution < 1.29 is 26.7 Å². The summed E-state index contributed by atoms with van der Waals surface area (Å²) in [6, 6.07) is 5.61. The zero-order chi connectivity index (χ0) is 17.6. The zero-order valence-corrected chi connectivity index (χ0v) is 12.5. The van der Waals surface area contributed by atoms with Crippen molar-refractivity contribution in [3.63, 3.8) is 0 Å². The highest BCUT2D eigenvalue weighted by molar-refractivity contribution is 6.00. The number of nitrogens with zero attached hydrogens (tertiary/aromatic N) is 1. The lowest BCUT2D eigenvalue weighted by Crippen LogP contribution is -2.24. The summed E-state index contributed by atoms with van der Waals surface area (Å²) in [5.74, 6) is -2.34. The van der Waals surface area contributed by atoms with Crippen LogP contribution in [0.2, 0.25) is 0 Å². The Labute approximate surface area is 134 Å². The van der Waals surface area contributed by atoms with Crippen LogP contribution in [0, 0.1) is 18.6 Å². The molecular weight excluding hydrogens is 329 g/mol. The second kappa shape index (κ2) is 5.58. The lowest BCUT2D eigenvalue weighted by atomic mass is 10.0. The van der Waals surface area contributed by atoms with Gasteiger partial charge in [-0.2, -0.15) is 13.2 Å². The molecule has 0 fully saturated rings. The van der Waals surface area contributed by atoms with Gasteiger partial charge in [0.15, 0.2) is 0 Å². The summed E-state index contributed by atoms with van der Waals surface area (Å²) < 4.78 is 66.2. The molecule has 0 bridgehead atoms. The fraction of sp³-hybridized carbons (Fsp3) is 0.235. The molecule has 1 amide bonds. The molecule has 24 heavy (non-hydrogen) atoms. The number of carbonyl (C=O) groups excluding carboxylic acids is 1. The number of benzene rings is 2. The summed E-state index contributed by atoms with van der Waals surface area (Å²) in [6.07, 6.45) is -4.83. The second-order valence-corrected chi connectivity index (χ2v) is 5.73. The Hall–Kier alpha value is -2.44. The van der Waals surface area contributed by atoms with E-state index in [2.05, 4.69) is 0 Å². The number of aryl methyl sites for hydroxylation is 1. The standard InChI is InChI=1S/C17H12F5NO/c1-9-2-3-10(4-14(9)19)7-23-8-11-5-12(18)6-13(17(20,21)22)15(11)16(23)24/h2-6H,7-8H2,1H3. The van der Waals surface area contributed by atoms with E-state index in [0.717, 1.165) is 11.0 Å². The lowest BCUT2D eigenvalue weighted by molar-refractivity contribution is -0.138. The number of halogens is 5. The topological polar surface area (TPSA) is 20.3 Å². The van der Waals surface area contributed by atoms with Crippen LogP contribution in [0.5, 0.6) is 0 Å². The maximum Gasteiger partial charge on any atom is 0.417 e. The predicted molar refractivity (Wildman–Crippen MR) is 76.1 cm³/mol. The molecule has 0 aliphatic carbocycles. The fourth-order valence-corrected chi connectivity index (χ4v) is 2.78. The Bertz CT molecular complexity index is 828. The second-order valence-electron chi connectivity index (χ2n) is 5.73. The number of rotatable bonds is 2. The molecule has 0 spiro atoms. The van der Waals surface area contributed by atoms with Gasteiger partial charge >= 0.3 is 6.18 Å². The molecule has 3 rings (SSSR count). The monoisotopic (exact) mass is 341 g/mol. The van der Waals surface area contributed by atoms with E-state index in [1.807, 2.05) is 0 Å². The lowest BCUT2D eigenvalue weighted by Gasteiger charge is -2.16. The molecule has 1 aliphatic rings. The highest BCUT2D eigenvalue weighted by Crippen LogP contribution is 2.38. The molecule has 2 aromatic rings. The molecule has 2 nitrogen and oxygen atoms in total. The molecule has 1 aliphatic heterocycles. The third-order valence-corrected chi connectivity index (χ3v) is 3.96. The van der Waals surface area contributed by atoms with E-state index in [1.54, 1.807) is 13.0 Å². The van der Waals surface area contributed by atoms with Gasteiger partial charge in [0, 0.05) is 13.1 Å². The van der Waals surface area contributed by atoms with E-state index < -0.39 is 34.8 Å². The summed E-state index contributed by atoms with van der Waals surface area (Å²) in [5.41, 5.74) is -0.944. The number of hydrogen-bond acceptors (Lipinski definition) is 1. The van der Waals surface area contributed by atoms with Crippen molar-refractivity contribution in [1.82, 2.24) is 4.90 Å². The summed E-state index contributed by atoms with van der Waals surface area (Å²) in [6.45, 7) is 1.38. The van der Waals surface area contributed by atoms with Crippen LogP contribution >= 0.6 is 0 Å². The molecule has 1 heterocycles. The average molecular weight is 341 g/mol. The van der Waals surface area contributed by atoms with Gasteiger partial charge in [-0.15, -0.1) is 0 Å². The molecule has 0 atom stereocenters. The molecule has 0 aromatic heterocycles. The Morgan fingerprint density at radius 2 is 1.83 bits per heavy atom. The number of amides is 1. The van der Waals surface area contributed by atoms with E-state index in [1.165, 1.54) is 12.1 Å². The molecule has 0 saturated heterocycles. The van der Waals surface area contributed by atoms with Crippen LogP contribution in [0.3, 0.4) is 0 Å². The Morgan fingerprint density at radius 3 is 2.46 bits per heavy atom. The predicted octanol–water partition coefficient (Wildman–Crippen LogP) is 4.45. The summed E-state index contributed by atoms with van der Waals surface area (Å²) in [7, 11) is 0. The van der Waals surface area contributed by atoms with Gasteiger partial charge in [-0.1, -0.05) is 12.1 Å². The van der Waals surface area contributed by atoms with E-state index in [4.69, 9.17) is 0 Å². The average Bonchev–Trinajstić information content (AvgIpc) is 2.77. The maximum atomic E-state index is 13.6. The van der Waals surface area contributed by atoms with Crippen LogP contribution in [0.25, 0.3) is 0 Å². The smallest absolute Gasteiger partial charge is 0.330 e. The highest BCUT2D eigenvalue weighted by Gasteiger charge is 2.41. The van der Waals surface area contributed by atoms with Crippen molar-refractivity contribution >= 4 is 5.91 Å². The maximum absolute atomic E-state index is 13.6. The molecule has 7 heteroatoms. The van der Waals surface area contributed by atoms with E-state index >= 15 is 0 Å². The number of carbonyl (C=O) groups is 1. The molecule has 0 N–H and O–H groups in total. The van der Waals surface area contributed by atoms with Crippen molar-refractivity contribution in [2.24, 2.45) is 0 Å². The van der Waals surface area contributed by atoms with Crippen molar-refractivity contribution in [1.29, 1.82) is 0 Å². The van der Waals surface area contributed by atoms with Crippen LogP contribution in [-0.4, -0.2) is 10.8 Å². The van der Waals surface area contributed by atoms with Crippen LogP contribution in [0.4, 0.5) is 22.0 Å². The van der Waals surface area contributed by atoms with Crippen LogP contribution in [0.1, 0.15) is 32.6 Å². The Morgan fingerprint density at radius 1 is 1.12 bits per heavy atom. The Kier molecular flexibility index (Phi) is 3.81. The van der Waals surface area contributed by atoms with Gasteiger partial charge < -0.3 is 4.90 Å². The van der Waals surface area contributed by atoms with Crippen molar-refractivity contribution in [3.05, 3.63) is 69.8 Å². The number of alkyl halides is 3. The minimum absolute atomic E-state index is 0.0140. The van der Waals surface area contributed by atoms with E-state index in [9.17, 15) is 26.7 Å². The van der Waals surface area contributed by atoms with Gasteiger partial charge in [0.25, 0.3) is 5.91 Å². The van der Waals surface area contributed by atoms with E-state index in [0.29, 0.717) is 17.2 Å². The number of fused-ring (bicyclic) bond motifs is 1. The Balaban J connectivity index is 1.95. The van der Waals surface area contributed by atoms with Crippen LogP contribution < -0.4 is 0 Å². The molecule has 0 saturated carbocycles. The first-order chi connectivity index (χ1) is 11.2. The van der Waals surface area contributed by atoms with E-state index in [-0.39, 0.29) is 18.7 Å². The normalized spacial score (nSPS) is 14.2. The van der Waals surface area contributed by atoms with Crippen molar-refractivity contribution in [2.75, 3.05) is 0 Å². The van der Waals surface area contributed by atoms with Crippen molar-refractivity contribution in [3.8, 4) is 0 Å². The SMILES string of the molecule is Cc1ccc(CN2Cc3cc(F)cc(C(F)(F)F)c3C2=O)cc1F. The summed E-state index contributed by atoms with van der Waals surface area (Å²) in [5, 5.41) is 0. The fourth-order valence-electron chi connectivity index (χ4n) is 2.78. The molecule has 0 radical (unpaired) electrons. The largest absolute Gasteiger partial charge is 0.417 e. The quantitative estimate of drug-likeness (QED) is 0.739. The zero-order valence-electron chi connectivity index (χ0n) is 12.5. The third-order valence-electron chi connectivity index (χ3n) is 3.96. The molecule has 2 aromatic carbocycles. The number of hydrogen-bond donors (Lipinski definition) is 0. The van der Waals surface area contributed by atoms with Gasteiger partial charge in [-0.3, -0.25) is 4.79 Å². The molecule has 126 valence electrons.